The van der Waals surface area contributed by atoms with Gasteiger partial charge in [-0.3, -0.25) is 0 Å². The number of fused-ring (bicyclic) bond motifs is 3. The number of hydrogen-bond donors (Lipinski definition) is 1. The van der Waals surface area contributed by atoms with Gasteiger partial charge in [0.15, 0.2) is 0 Å². The maximum absolute atomic E-state index is 12.4. The predicted molar refractivity (Wildman–Crippen MR) is 127 cm³/mol. The number of hydrogen-bond acceptors (Lipinski definition) is 3. The molecular formula is C27H30N2O2. The molecule has 2 heterocycles. The van der Waals surface area contributed by atoms with Crippen LogP contribution in [0.3, 0.4) is 0 Å². The number of aliphatic hydroxyl groups is 1. The van der Waals surface area contributed by atoms with Crippen molar-refractivity contribution in [1.82, 2.24) is 9.47 Å². The molecule has 4 heteroatoms. The fourth-order valence-corrected chi connectivity index (χ4v) is 5.40. The Morgan fingerprint density at radius 2 is 1.55 bits per heavy atom. The smallest absolute Gasteiger partial charge is 0.125 e. The molecule has 2 atom stereocenters. The highest BCUT2D eigenvalue weighted by molar-refractivity contribution is 6.08. The first-order chi connectivity index (χ1) is 15.2. The first-order valence-corrected chi connectivity index (χ1v) is 11.2. The molecule has 1 aromatic heterocycles. The standard InChI is InChI=1S/C27H30N2O2/c1-3-17-28-18-16-27(30,22-12-6-9-15-25(22)31-2)26(19-28)29-23-13-7-4-10-20(23)21-11-5-8-14-24(21)29/h4-15,26,30H,3,16-19H2,1-2H3. The van der Waals surface area contributed by atoms with Crippen LogP contribution in [0.4, 0.5) is 0 Å². The number of ether oxygens (including phenoxy) is 1. The highest BCUT2D eigenvalue weighted by Crippen LogP contribution is 2.47. The van der Waals surface area contributed by atoms with Crippen LogP contribution in [0.5, 0.6) is 5.75 Å². The number of benzene rings is 3. The summed E-state index contributed by atoms with van der Waals surface area (Å²) in [6.07, 6.45) is 1.77. The minimum Gasteiger partial charge on any atom is -0.496 e. The molecule has 0 radical (unpaired) electrons. The normalized spacial score (nSPS) is 22.2. The summed E-state index contributed by atoms with van der Waals surface area (Å²) in [4.78, 5) is 2.48. The third-order valence-corrected chi connectivity index (χ3v) is 6.83. The molecule has 1 aliphatic rings. The summed E-state index contributed by atoms with van der Waals surface area (Å²) in [6.45, 7) is 4.92. The van der Waals surface area contributed by atoms with Crippen molar-refractivity contribution in [2.75, 3.05) is 26.7 Å². The zero-order valence-electron chi connectivity index (χ0n) is 18.3. The average molecular weight is 415 g/mol. The lowest BCUT2D eigenvalue weighted by atomic mass is 9.79. The van der Waals surface area contributed by atoms with Crippen molar-refractivity contribution in [3.8, 4) is 5.75 Å². The van der Waals surface area contributed by atoms with Crippen LogP contribution < -0.4 is 4.74 Å². The van der Waals surface area contributed by atoms with Crippen molar-refractivity contribution >= 4 is 21.8 Å². The molecule has 3 aromatic carbocycles. The Labute approximate surface area is 183 Å². The minimum atomic E-state index is -1.03. The van der Waals surface area contributed by atoms with E-state index in [1.54, 1.807) is 7.11 Å². The lowest BCUT2D eigenvalue weighted by Gasteiger charge is -2.46. The maximum Gasteiger partial charge on any atom is 0.125 e. The minimum absolute atomic E-state index is 0.131. The van der Waals surface area contributed by atoms with E-state index in [0.717, 1.165) is 37.4 Å². The summed E-state index contributed by atoms with van der Waals surface area (Å²) in [5.41, 5.74) is 2.18. The first-order valence-electron chi connectivity index (χ1n) is 11.2. The second kappa shape index (κ2) is 8.03. The molecule has 1 fully saturated rings. The molecule has 160 valence electrons. The number of para-hydroxylation sites is 3. The maximum atomic E-state index is 12.4. The molecule has 0 saturated carbocycles. The number of piperidine rings is 1. The van der Waals surface area contributed by atoms with Crippen molar-refractivity contribution in [3.63, 3.8) is 0 Å². The van der Waals surface area contributed by atoms with Gasteiger partial charge in [-0.25, -0.2) is 0 Å². The SMILES string of the molecule is CCCN1CCC(O)(c2ccccc2OC)C(n2c3ccccc3c3ccccc32)C1. The van der Waals surface area contributed by atoms with Crippen LogP contribution in [0.2, 0.25) is 0 Å². The van der Waals surface area contributed by atoms with Crippen molar-refractivity contribution < 1.29 is 9.84 Å². The first kappa shape index (κ1) is 20.1. The van der Waals surface area contributed by atoms with Crippen molar-refractivity contribution in [1.29, 1.82) is 0 Å². The molecule has 1 aliphatic heterocycles. The van der Waals surface area contributed by atoms with E-state index in [0.29, 0.717) is 6.42 Å². The number of methoxy groups -OCH3 is 1. The Morgan fingerprint density at radius 3 is 2.19 bits per heavy atom. The molecule has 31 heavy (non-hydrogen) atoms. The lowest BCUT2D eigenvalue weighted by molar-refractivity contribution is -0.0694. The molecule has 5 rings (SSSR count). The molecule has 1 N–H and O–H groups in total. The Morgan fingerprint density at radius 1 is 0.935 bits per heavy atom. The summed E-state index contributed by atoms with van der Waals surface area (Å²) in [7, 11) is 1.68. The molecule has 0 spiro atoms. The van der Waals surface area contributed by atoms with Crippen molar-refractivity contribution in [3.05, 3.63) is 78.4 Å². The van der Waals surface area contributed by atoms with E-state index in [1.165, 1.54) is 21.8 Å². The van der Waals surface area contributed by atoms with Gasteiger partial charge in [-0.15, -0.1) is 0 Å². The third kappa shape index (κ3) is 3.22. The van der Waals surface area contributed by atoms with Crippen LogP contribution in [-0.4, -0.2) is 41.3 Å². The van der Waals surface area contributed by atoms with E-state index >= 15 is 0 Å². The van der Waals surface area contributed by atoms with E-state index in [9.17, 15) is 5.11 Å². The second-order valence-corrected chi connectivity index (χ2v) is 8.60. The van der Waals surface area contributed by atoms with Gasteiger partial charge in [0.05, 0.1) is 13.2 Å². The van der Waals surface area contributed by atoms with Gasteiger partial charge < -0.3 is 19.3 Å². The van der Waals surface area contributed by atoms with Gasteiger partial charge in [0, 0.05) is 40.5 Å². The summed E-state index contributed by atoms with van der Waals surface area (Å²) in [5.74, 6) is 0.750. The Bertz CT molecular complexity index is 1160. The Hall–Kier alpha value is -2.82. The van der Waals surface area contributed by atoms with Crippen LogP contribution in [0.1, 0.15) is 31.4 Å². The van der Waals surface area contributed by atoms with Gasteiger partial charge in [-0.1, -0.05) is 61.5 Å². The fraction of sp³-hybridized carbons (Fsp3) is 0.333. The molecule has 0 aliphatic carbocycles. The highest BCUT2D eigenvalue weighted by Gasteiger charge is 2.46. The molecule has 4 nitrogen and oxygen atoms in total. The summed E-state index contributed by atoms with van der Waals surface area (Å²) in [6, 6.07) is 24.9. The van der Waals surface area contributed by atoms with Gasteiger partial charge >= 0.3 is 0 Å². The van der Waals surface area contributed by atoms with E-state index in [1.807, 2.05) is 24.3 Å². The zero-order valence-corrected chi connectivity index (χ0v) is 18.3. The zero-order chi connectivity index (χ0) is 21.4. The Balaban J connectivity index is 1.77. The second-order valence-electron chi connectivity index (χ2n) is 8.60. The van der Waals surface area contributed by atoms with E-state index in [2.05, 4.69) is 64.9 Å². The highest BCUT2D eigenvalue weighted by atomic mass is 16.5. The number of nitrogens with zero attached hydrogens (tertiary/aromatic N) is 2. The summed E-state index contributed by atoms with van der Waals surface area (Å²) < 4.78 is 8.07. The molecule has 2 unspecified atom stereocenters. The molecular weight excluding hydrogens is 384 g/mol. The van der Waals surface area contributed by atoms with Crippen LogP contribution in [0.25, 0.3) is 21.8 Å². The predicted octanol–water partition coefficient (Wildman–Crippen LogP) is 5.35. The van der Waals surface area contributed by atoms with Crippen LogP contribution >= 0.6 is 0 Å². The van der Waals surface area contributed by atoms with Crippen LogP contribution in [-0.2, 0) is 5.60 Å². The van der Waals surface area contributed by atoms with Crippen molar-refractivity contribution in [2.24, 2.45) is 0 Å². The van der Waals surface area contributed by atoms with Crippen LogP contribution in [0, 0.1) is 0 Å². The Kier molecular flexibility index (Phi) is 5.20. The van der Waals surface area contributed by atoms with E-state index in [-0.39, 0.29) is 6.04 Å². The quantitative estimate of drug-likeness (QED) is 0.478. The fourth-order valence-electron chi connectivity index (χ4n) is 5.40. The molecule has 0 bridgehead atoms. The van der Waals surface area contributed by atoms with E-state index < -0.39 is 5.60 Å². The number of likely N-dealkylation sites (tertiary alicyclic amines) is 1. The largest absolute Gasteiger partial charge is 0.496 e. The van der Waals surface area contributed by atoms with Crippen molar-refractivity contribution in [2.45, 2.75) is 31.4 Å². The average Bonchev–Trinajstić information content (AvgIpc) is 3.15. The monoisotopic (exact) mass is 414 g/mol. The topological polar surface area (TPSA) is 37.6 Å². The van der Waals surface area contributed by atoms with E-state index in [4.69, 9.17) is 4.74 Å². The van der Waals surface area contributed by atoms with Gasteiger partial charge in [-0.2, -0.15) is 0 Å². The number of aromatic nitrogens is 1. The molecule has 1 saturated heterocycles. The molecule has 4 aromatic rings. The van der Waals surface area contributed by atoms with Gasteiger partial charge in [-0.05, 0) is 37.6 Å². The summed E-state index contributed by atoms with van der Waals surface area (Å²) >= 11 is 0. The molecule has 0 amide bonds. The summed E-state index contributed by atoms with van der Waals surface area (Å²) in [5, 5.41) is 14.8. The third-order valence-electron chi connectivity index (χ3n) is 6.83. The van der Waals surface area contributed by atoms with Gasteiger partial charge in [0.1, 0.15) is 11.4 Å². The van der Waals surface area contributed by atoms with Crippen LogP contribution in [0.15, 0.2) is 72.8 Å². The number of rotatable bonds is 5. The van der Waals surface area contributed by atoms with Gasteiger partial charge in [0.2, 0.25) is 0 Å². The lowest BCUT2D eigenvalue weighted by Crippen LogP contribution is -2.51. The van der Waals surface area contributed by atoms with Gasteiger partial charge in [0.25, 0.3) is 0 Å².